The third-order valence-corrected chi connectivity index (χ3v) is 4.81. The summed E-state index contributed by atoms with van der Waals surface area (Å²) in [4.78, 5) is 29.5. The van der Waals surface area contributed by atoms with Crippen LogP contribution in [-0.2, 0) is 0 Å². The minimum Gasteiger partial charge on any atom is -0.364 e. The summed E-state index contributed by atoms with van der Waals surface area (Å²) in [6.07, 6.45) is -7.26. The molecule has 0 unspecified atom stereocenters. The summed E-state index contributed by atoms with van der Waals surface area (Å²) in [5, 5.41) is 3.73. The van der Waals surface area contributed by atoms with Crippen LogP contribution in [0, 0.1) is 11.6 Å². The number of pyridine rings is 2. The van der Waals surface area contributed by atoms with E-state index in [1.807, 2.05) is 0 Å². The lowest BCUT2D eigenvalue weighted by molar-refractivity contribution is -0.153. The number of benzene rings is 1. The van der Waals surface area contributed by atoms with Crippen LogP contribution in [0.25, 0.3) is 16.7 Å². The summed E-state index contributed by atoms with van der Waals surface area (Å²) in [6.45, 7) is 0.396. The molecule has 6 nitrogen and oxygen atoms in total. The van der Waals surface area contributed by atoms with Crippen LogP contribution >= 0.6 is 0 Å². The lowest BCUT2D eigenvalue weighted by Crippen LogP contribution is -2.46. The van der Waals surface area contributed by atoms with E-state index >= 15 is 0 Å². The molecule has 0 fully saturated rings. The van der Waals surface area contributed by atoms with Crippen molar-refractivity contribution in [3.05, 3.63) is 63.9 Å². The molecule has 0 saturated heterocycles. The monoisotopic (exact) mass is 490 g/mol. The molecule has 0 aliphatic carbocycles. The second-order valence-electron chi connectivity index (χ2n) is 7.15. The van der Waals surface area contributed by atoms with Crippen LogP contribution in [0.15, 0.2) is 41.3 Å². The highest BCUT2D eigenvalue weighted by molar-refractivity contribution is 5.97. The van der Waals surface area contributed by atoms with Gasteiger partial charge >= 0.3 is 6.18 Å². The Balaban J connectivity index is 2.22. The Bertz CT molecular complexity index is 1270. The molecule has 1 aromatic carbocycles. The van der Waals surface area contributed by atoms with Gasteiger partial charge in [0.2, 0.25) is 5.43 Å². The van der Waals surface area contributed by atoms with E-state index in [1.54, 1.807) is 5.32 Å². The number of rotatable bonds is 7. The predicted octanol–water partition coefficient (Wildman–Crippen LogP) is 4.41. The first-order chi connectivity index (χ1) is 15.9. The molecule has 3 rings (SSSR count). The lowest BCUT2D eigenvalue weighted by Gasteiger charge is -2.20. The number of anilines is 1. The van der Waals surface area contributed by atoms with Crippen molar-refractivity contribution in [2.24, 2.45) is 0 Å². The van der Waals surface area contributed by atoms with Crippen molar-refractivity contribution in [1.29, 1.82) is 0 Å². The number of aromatic nitrogens is 2. The van der Waals surface area contributed by atoms with E-state index in [0.717, 1.165) is 35.0 Å². The van der Waals surface area contributed by atoms with E-state index < -0.39 is 60.1 Å². The standard InChI is InChI=1S/C21H17F7N4O2/c1-2-15(21(26,27)28)30-20(34)12-9-32(14-5-3-10(22)7-13(14)23)19-11(18(12)33)4-6-17(31-19)29-8-16(24)25/h3-7,9,15-16H,2,8H2,1H3,(H,29,31)(H,30,34)/t15-/m1/s1. The Morgan fingerprint density at radius 1 is 1.15 bits per heavy atom. The first-order valence-corrected chi connectivity index (χ1v) is 9.83. The fourth-order valence-electron chi connectivity index (χ4n) is 3.16. The average Bonchev–Trinajstić information content (AvgIpc) is 2.75. The zero-order valence-electron chi connectivity index (χ0n) is 17.4. The van der Waals surface area contributed by atoms with Gasteiger partial charge in [0, 0.05) is 12.3 Å². The van der Waals surface area contributed by atoms with Crippen LogP contribution in [0.3, 0.4) is 0 Å². The van der Waals surface area contributed by atoms with E-state index in [4.69, 9.17) is 0 Å². The van der Waals surface area contributed by atoms with Crippen molar-refractivity contribution in [3.8, 4) is 5.69 Å². The first kappa shape index (κ1) is 25.0. The molecular formula is C21H17F7N4O2. The van der Waals surface area contributed by atoms with Crippen LogP contribution in [-0.4, -0.2) is 40.6 Å². The van der Waals surface area contributed by atoms with Crippen LogP contribution in [0.5, 0.6) is 0 Å². The summed E-state index contributed by atoms with van der Waals surface area (Å²) < 4.78 is 93.2. The van der Waals surface area contributed by atoms with Gasteiger partial charge in [-0.3, -0.25) is 14.2 Å². The van der Waals surface area contributed by atoms with Gasteiger partial charge in [-0.1, -0.05) is 6.92 Å². The number of carbonyl (C=O) groups excluding carboxylic acids is 1. The van der Waals surface area contributed by atoms with E-state index in [1.165, 1.54) is 6.92 Å². The molecule has 3 aromatic rings. The van der Waals surface area contributed by atoms with Gasteiger partial charge in [0.15, 0.2) is 5.65 Å². The highest BCUT2D eigenvalue weighted by Crippen LogP contribution is 2.24. The quantitative estimate of drug-likeness (QED) is 0.481. The number of alkyl halides is 5. The number of hydrogen-bond donors (Lipinski definition) is 2. The number of hydrogen-bond acceptors (Lipinski definition) is 4. The Morgan fingerprint density at radius 2 is 1.85 bits per heavy atom. The number of carbonyl (C=O) groups is 1. The zero-order chi connectivity index (χ0) is 25.2. The van der Waals surface area contributed by atoms with Crippen LogP contribution in [0.1, 0.15) is 23.7 Å². The highest BCUT2D eigenvalue weighted by Gasteiger charge is 2.39. The van der Waals surface area contributed by atoms with Gasteiger partial charge in [-0.05, 0) is 30.7 Å². The molecule has 0 saturated carbocycles. The molecule has 0 aliphatic heterocycles. The second kappa shape index (κ2) is 9.69. The fraction of sp³-hybridized carbons (Fsp3) is 0.286. The molecule has 0 radical (unpaired) electrons. The summed E-state index contributed by atoms with van der Waals surface area (Å²) in [5.74, 6) is -3.56. The molecule has 34 heavy (non-hydrogen) atoms. The van der Waals surface area contributed by atoms with Gasteiger partial charge in [-0.2, -0.15) is 13.2 Å². The Hall–Kier alpha value is -3.64. The molecular weight excluding hydrogens is 473 g/mol. The van der Waals surface area contributed by atoms with Crippen molar-refractivity contribution >= 4 is 22.8 Å². The van der Waals surface area contributed by atoms with E-state index in [0.29, 0.717) is 6.07 Å². The molecule has 0 bridgehead atoms. The minimum atomic E-state index is -4.78. The number of amides is 1. The summed E-state index contributed by atoms with van der Waals surface area (Å²) in [5.41, 5.74) is -2.46. The largest absolute Gasteiger partial charge is 0.408 e. The van der Waals surface area contributed by atoms with Crippen molar-refractivity contribution < 1.29 is 35.5 Å². The van der Waals surface area contributed by atoms with E-state index in [2.05, 4.69) is 10.3 Å². The van der Waals surface area contributed by atoms with Crippen LogP contribution < -0.4 is 16.1 Å². The molecule has 13 heteroatoms. The number of halogens is 7. The topological polar surface area (TPSA) is 76.0 Å². The Kier molecular flexibility index (Phi) is 7.12. The van der Waals surface area contributed by atoms with Crippen molar-refractivity contribution in [3.63, 3.8) is 0 Å². The predicted molar refractivity (Wildman–Crippen MR) is 109 cm³/mol. The van der Waals surface area contributed by atoms with E-state index in [9.17, 15) is 40.3 Å². The van der Waals surface area contributed by atoms with Gasteiger partial charge in [0.05, 0.1) is 17.6 Å². The maximum Gasteiger partial charge on any atom is 0.408 e. The normalized spacial score (nSPS) is 12.7. The second-order valence-corrected chi connectivity index (χ2v) is 7.15. The van der Waals surface area contributed by atoms with Gasteiger partial charge < -0.3 is 10.6 Å². The van der Waals surface area contributed by atoms with Gasteiger partial charge in [0.25, 0.3) is 12.3 Å². The fourth-order valence-corrected chi connectivity index (χ4v) is 3.16. The summed E-state index contributed by atoms with van der Waals surface area (Å²) >= 11 is 0. The lowest BCUT2D eigenvalue weighted by atomic mass is 10.1. The first-order valence-electron chi connectivity index (χ1n) is 9.83. The number of nitrogens with one attached hydrogen (secondary N) is 2. The van der Waals surface area contributed by atoms with Crippen molar-refractivity contribution in [2.75, 3.05) is 11.9 Å². The summed E-state index contributed by atoms with van der Waals surface area (Å²) in [7, 11) is 0. The third-order valence-electron chi connectivity index (χ3n) is 4.81. The van der Waals surface area contributed by atoms with Gasteiger partial charge in [0.1, 0.15) is 29.1 Å². The van der Waals surface area contributed by atoms with Crippen LogP contribution in [0.4, 0.5) is 36.6 Å². The smallest absolute Gasteiger partial charge is 0.364 e. The molecule has 0 spiro atoms. The zero-order valence-corrected chi connectivity index (χ0v) is 17.4. The highest BCUT2D eigenvalue weighted by atomic mass is 19.4. The Labute approximate surface area is 187 Å². The average molecular weight is 490 g/mol. The van der Waals surface area contributed by atoms with E-state index in [-0.39, 0.29) is 22.5 Å². The third kappa shape index (κ3) is 5.29. The number of nitrogens with zero attached hydrogens (tertiary/aromatic N) is 2. The molecule has 1 amide bonds. The van der Waals surface area contributed by atoms with Gasteiger partial charge in [-0.15, -0.1) is 0 Å². The van der Waals surface area contributed by atoms with Crippen molar-refractivity contribution in [2.45, 2.75) is 32.0 Å². The molecule has 1 atom stereocenters. The SMILES string of the molecule is CC[C@@H](NC(=O)c1cn(-c2ccc(F)cc2F)c2nc(NCC(F)F)ccc2c1=O)C(F)(F)F. The minimum absolute atomic E-state index is 0.121. The maximum atomic E-state index is 14.5. The molecule has 2 N–H and O–H groups in total. The molecule has 0 aliphatic rings. The van der Waals surface area contributed by atoms with Gasteiger partial charge in [-0.25, -0.2) is 22.5 Å². The number of fused-ring (bicyclic) bond motifs is 1. The van der Waals surface area contributed by atoms with Crippen molar-refractivity contribution in [1.82, 2.24) is 14.9 Å². The maximum absolute atomic E-state index is 14.5. The summed E-state index contributed by atoms with van der Waals surface area (Å²) in [6, 6.07) is 2.34. The molecule has 2 heterocycles. The Morgan fingerprint density at radius 3 is 2.44 bits per heavy atom. The molecule has 182 valence electrons. The molecule has 2 aromatic heterocycles. The van der Waals surface area contributed by atoms with Crippen LogP contribution in [0.2, 0.25) is 0 Å².